The Morgan fingerprint density at radius 1 is 1.26 bits per heavy atom. The van der Waals surface area contributed by atoms with Crippen LogP contribution in [-0.4, -0.2) is 30.9 Å². The Morgan fingerprint density at radius 2 is 2.09 bits per heavy atom. The number of morpholine rings is 1. The molecule has 3 nitrogen and oxygen atoms in total. The van der Waals surface area contributed by atoms with Crippen LogP contribution in [0.25, 0.3) is 0 Å². The predicted octanol–water partition coefficient (Wildman–Crippen LogP) is 2.90. The van der Waals surface area contributed by atoms with Crippen LogP contribution < -0.4 is 5.32 Å². The van der Waals surface area contributed by atoms with Crippen LogP contribution in [0.5, 0.6) is 0 Å². The molecule has 0 saturated carbocycles. The first-order valence-electron chi connectivity index (χ1n) is 7.64. The standard InChI is InChI=1S/C18H19ClFNO2/c19-16-7-2-1-4-13(16)11-18(22,17-12-21-8-9-23-17)14-5-3-6-15(20)10-14/h1-7,10,17,21-22H,8-9,11-12H2/t17-,18-/m1/s1. The zero-order valence-corrected chi connectivity index (χ0v) is 13.4. The van der Waals surface area contributed by atoms with Crippen molar-refractivity contribution in [2.75, 3.05) is 19.7 Å². The van der Waals surface area contributed by atoms with E-state index < -0.39 is 11.7 Å². The molecule has 23 heavy (non-hydrogen) atoms. The van der Waals surface area contributed by atoms with Crippen molar-refractivity contribution in [2.24, 2.45) is 0 Å². The summed E-state index contributed by atoms with van der Waals surface area (Å²) in [5.74, 6) is -0.385. The molecule has 0 aromatic heterocycles. The average molecular weight is 336 g/mol. The van der Waals surface area contributed by atoms with E-state index in [9.17, 15) is 9.50 Å². The minimum absolute atomic E-state index is 0.252. The highest BCUT2D eigenvalue weighted by Gasteiger charge is 2.41. The largest absolute Gasteiger partial charge is 0.382 e. The second kappa shape index (κ2) is 6.97. The van der Waals surface area contributed by atoms with Gasteiger partial charge in [-0.05, 0) is 29.3 Å². The number of ether oxygens (including phenoxy) is 1. The highest BCUT2D eigenvalue weighted by atomic mass is 35.5. The number of aliphatic hydroxyl groups is 1. The summed E-state index contributed by atoms with van der Waals surface area (Å²) < 4.78 is 19.5. The van der Waals surface area contributed by atoms with E-state index in [0.29, 0.717) is 23.7 Å². The van der Waals surface area contributed by atoms with Crippen LogP contribution in [0.4, 0.5) is 4.39 Å². The number of nitrogens with one attached hydrogen (secondary N) is 1. The molecule has 3 rings (SSSR count). The molecular weight excluding hydrogens is 317 g/mol. The van der Waals surface area contributed by atoms with Gasteiger partial charge in [-0.25, -0.2) is 4.39 Å². The fourth-order valence-electron chi connectivity index (χ4n) is 2.96. The first-order chi connectivity index (χ1) is 11.1. The van der Waals surface area contributed by atoms with E-state index in [4.69, 9.17) is 16.3 Å². The van der Waals surface area contributed by atoms with Crippen molar-refractivity contribution in [1.82, 2.24) is 5.32 Å². The van der Waals surface area contributed by atoms with Crippen molar-refractivity contribution in [3.63, 3.8) is 0 Å². The minimum Gasteiger partial charge on any atom is -0.382 e. The van der Waals surface area contributed by atoms with Crippen molar-refractivity contribution in [3.8, 4) is 0 Å². The molecule has 2 aromatic carbocycles. The number of rotatable bonds is 4. The Morgan fingerprint density at radius 3 is 2.78 bits per heavy atom. The van der Waals surface area contributed by atoms with Crippen LogP contribution in [0.3, 0.4) is 0 Å². The summed E-state index contributed by atoms with van der Waals surface area (Å²) in [6.07, 6.45) is -0.225. The number of hydrogen-bond donors (Lipinski definition) is 2. The molecule has 2 N–H and O–H groups in total. The second-order valence-corrected chi connectivity index (χ2v) is 6.17. The number of benzene rings is 2. The molecular formula is C18H19ClFNO2. The van der Waals surface area contributed by atoms with E-state index in [2.05, 4.69) is 5.32 Å². The summed E-state index contributed by atoms with van der Waals surface area (Å²) >= 11 is 6.25. The normalized spacial score (nSPS) is 20.9. The quantitative estimate of drug-likeness (QED) is 0.902. The van der Waals surface area contributed by atoms with Crippen molar-refractivity contribution < 1.29 is 14.2 Å². The molecule has 1 saturated heterocycles. The van der Waals surface area contributed by atoms with Crippen LogP contribution in [0.2, 0.25) is 5.02 Å². The molecule has 122 valence electrons. The molecule has 5 heteroatoms. The van der Waals surface area contributed by atoms with Gasteiger partial charge in [0, 0.05) is 24.5 Å². The fraction of sp³-hybridized carbons (Fsp3) is 0.333. The molecule has 0 bridgehead atoms. The van der Waals surface area contributed by atoms with Gasteiger partial charge >= 0.3 is 0 Å². The first kappa shape index (κ1) is 16.4. The maximum Gasteiger partial charge on any atom is 0.123 e. The van der Waals surface area contributed by atoms with Gasteiger partial charge in [-0.2, -0.15) is 0 Å². The summed E-state index contributed by atoms with van der Waals surface area (Å²) in [5.41, 5.74) is -0.0678. The zero-order chi connectivity index (χ0) is 16.3. The Balaban J connectivity index is 2.00. The van der Waals surface area contributed by atoms with Gasteiger partial charge in [-0.15, -0.1) is 0 Å². The number of halogens is 2. The molecule has 0 spiro atoms. The van der Waals surface area contributed by atoms with Gasteiger partial charge in [-0.3, -0.25) is 0 Å². The lowest BCUT2D eigenvalue weighted by Gasteiger charge is -2.39. The topological polar surface area (TPSA) is 41.5 Å². The maximum atomic E-state index is 13.7. The third kappa shape index (κ3) is 3.56. The van der Waals surface area contributed by atoms with Gasteiger partial charge in [0.1, 0.15) is 17.5 Å². The van der Waals surface area contributed by atoms with E-state index in [1.165, 1.54) is 12.1 Å². The van der Waals surface area contributed by atoms with Crippen LogP contribution in [0, 0.1) is 5.82 Å². The Labute approximate surface area is 140 Å². The Hall–Kier alpha value is -1.46. The molecule has 2 aromatic rings. The lowest BCUT2D eigenvalue weighted by Crippen LogP contribution is -2.52. The fourth-order valence-corrected chi connectivity index (χ4v) is 3.17. The first-order valence-corrected chi connectivity index (χ1v) is 8.01. The van der Waals surface area contributed by atoms with E-state index in [-0.39, 0.29) is 12.2 Å². The van der Waals surface area contributed by atoms with Gasteiger partial charge in [0.2, 0.25) is 0 Å². The van der Waals surface area contributed by atoms with Gasteiger partial charge in [-0.1, -0.05) is 41.9 Å². The lowest BCUT2D eigenvalue weighted by atomic mass is 9.82. The Bertz CT molecular complexity index is 676. The van der Waals surface area contributed by atoms with Crippen LogP contribution in [0.15, 0.2) is 48.5 Å². The van der Waals surface area contributed by atoms with Crippen molar-refractivity contribution in [1.29, 1.82) is 0 Å². The summed E-state index contributed by atoms with van der Waals surface area (Å²) in [6, 6.07) is 13.4. The summed E-state index contributed by atoms with van der Waals surface area (Å²) in [6.45, 7) is 1.74. The highest BCUT2D eigenvalue weighted by Crippen LogP contribution is 2.34. The molecule has 1 aliphatic heterocycles. The SMILES string of the molecule is O[C@](Cc1ccccc1Cl)(c1cccc(F)c1)[C@H]1CNCCO1. The molecule has 2 atom stereocenters. The zero-order valence-electron chi connectivity index (χ0n) is 12.6. The van der Waals surface area contributed by atoms with E-state index >= 15 is 0 Å². The monoisotopic (exact) mass is 335 g/mol. The van der Waals surface area contributed by atoms with Crippen molar-refractivity contribution in [2.45, 2.75) is 18.1 Å². The maximum absolute atomic E-state index is 13.7. The molecule has 0 aliphatic carbocycles. The van der Waals surface area contributed by atoms with Crippen LogP contribution in [0.1, 0.15) is 11.1 Å². The summed E-state index contributed by atoms with van der Waals surface area (Å²) in [5, 5.41) is 15.2. The second-order valence-electron chi connectivity index (χ2n) is 5.77. The van der Waals surface area contributed by atoms with Crippen LogP contribution >= 0.6 is 11.6 Å². The number of hydrogen-bond acceptors (Lipinski definition) is 3. The molecule has 0 unspecified atom stereocenters. The average Bonchev–Trinajstić information content (AvgIpc) is 2.58. The molecule has 0 radical (unpaired) electrons. The van der Waals surface area contributed by atoms with E-state index in [1.54, 1.807) is 18.2 Å². The van der Waals surface area contributed by atoms with Crippen LogP contribution in [-0.2, 0) is 16.8 Å². The van der Waals surface area contributed by atoms with E-state index in [1.807, 2.05) is 18.2 Å². The summed E-state index contributed by atoms with van der Waals surface area (Å²) in [4.78, 5) is 0. The third-order valence-corrected chi connectivity index (χ3v) is 4.57. The highest BCUT2D eigenvalue weighted by molar-refractivity contribution is 6.31. The Kier molecular flexibility index (Phi) is 4.97. The lowest BCUT2D eigenvalue weighted by molar-refractivity contribution is -0.124. The molecule has 1 heterocycles. The smallest absolute Gasteiger partial charge is 0.123 e. The minimum atomic E-state index is -1.36. The van der Waals surface area contributed by atoms with Crippen molar-refractivity contribution in [3.05, 3.63) is 70.5 Å². The van der Waals surface area contributed by atoms with Gasteiger partial charge < -0.3 is 15.2 Å². The molecule has 1 fully saturated rings. The predicted molar refractivity (Wildman–Crippen MR) is 88.1 cm³/mol. The third-order valence-electron chi connectivity index (χ3n) is 4.20. The van der Waals surface area contributed by atoms with Gasteiger partial charge in [0.15, 0.2) is 0 Å². The molecule has 0 amide bonds. The van der Waals surface area contributed by atoms with Gasteiger partial charge in [0.25, 0.3) is 0 Å². The molecule has 1 aliphatic rings. The summed E-state index contributed by atoms with van der Waals surface area (Å²) in [7, 11) is 0. The van der Waals surface area contributed by atoms with Gasteiger partial charge in [0.05, 0.1) is 6.61 Å². The van der Waals surface area contributed by atoms with E-state index in [0.717, 1.165) is 12.1 Å². The van der Waals surface area contributed by atoms with Crippen molar-refractivity contribution >= 4 is 11.6 Å².